The van der Waals surface area contributed by atoms with Crippen LogP contribution in [0.1, 0.15) is 16.1 Å². The van der Waals surface area contributed by atoms with E-state index < -0.39 is 20.9 Å². The Kier molecular flexibility index (Phi) is 4.69. The molecule has 0 atom stereocenters. The third kappa shape index (κ3) is 3.73. The molecule has 0 saturated carbocycles. The van der Waals surface area contributed by atoms with Crippen molar-refractivity contribution in [1.82, 2.24) is 9.97 Å². The van der Waals surface area contributed by atoms with Crippen molar-refractivity contribution in [3.63, 3.8) is 0 Å². The fraction of sp³-hybridized carbons (Fsp3) is 0.154. The van der Waals surface area contributed by atoms with E-state index in [-0.39, 0.29) is 10.7 Å². The first kappa shape index (κ1) is 16.7. The second-order valence-electron chi connectivity index (χ2n) is 4.54. The van der Waals surface area contributed by atoms with Gasteiger partial charge in [0.25, 0.3) is 5.91 Å². The van der Waals surface area contributed by atoms with Crippen molar-refractivity contribution in [2.75, 3.05) is 11.6 Å². The number of nitrogens with zero attached hydrogens (tertiary/aromatic N) is 2. The van der Waals surface area contributed by atoms with Gasteiger partial charge in [-0.2, -0.15) is 0 Å². The largest absolute Gasteiger partial charge is 0.321 e. The van der Waals surface area contributed by atoms with Gasteiger partial charge in [-0.25, -0.2) is 18.4 Å². The number of sulfone groups is 1. The van der Waals surface area contributed by atoms with E-state index in [1.54, 1.807) is 18.2 Å². The summed E-state index contributed by atoms with van der Waals surface area (Å²) < 4.78 is 22.9. The lowest BCUT2D eigenvalue weighted by molar-refractivity contribution is 0.102. The zero-order chi connectivity index (χ0) is 16.5. The molecule has 1 amide bonds. The van der Waals surface area contributed by atoms with Crippen LogP contribution in [-0.2, 0) is 9.84 Å². The number of aromatic nitrogens is 2. The van der Waals surface area contributed by atoms with Crippen molar-refractivity contribution in [1.29, 1.82) is 0 Å². The smallest absolute Gasteiger partial charge is 0.275 e. The van der Waals surface area contributed by atoms with Crippen LogP contribution in [0.3, 0.4) is 0 Å². The van der Waals surface area contributed by atoms with Crippen LogP contribution in [0.5, 0.6) is 0 Å². The van der Waals surface area contributed by atoms with Crippen LogP contribution in [0.25, 0.3) is 0 Å². The highest BCUT2D eigenvalue weighted by Gasteiger charge is 2.19. The zero-order valence-electron chi connectivity index (χ0n) is 11.6. The summed E-state index contributed by atoms with van der Waals surface area (Å²) >= 11 is 11.8. The van der Waals surface area contributed by atoms with E-state index in [0.717, 1.165) is 18.0 Å². The highest BCUT2D eigenvalue weighted by molar-refractivity contribution is 7.90. The summed E-state index contributed by atoms with van der Waals surface area (Å²) in [5.74, 6) is -0.655. The average molecular weight is 360 g/mol. The van der Waals surface area contributed by atoms with Crippen molar-refractivity contribution >= 4 is 44.6 Å². The maximum atomic E-state index is 12.2. The minimum absolute atomic E-state index is 0.0527. The number of rotatable bonds is 3. The standard InChI is InChI=1S/C13H11Cl2N3O3S/c1-7-3-4-8(5-9(7)14)17-12(19)11-10(15)6-16-13(18-11)22(2,20)21/h3-6H,1-2H3,(H,17,19). The molecule has 9 heteroatoms. The summed E-state index contributed by atoms with van der Waals surface area (Å²) in [6.07, 6.45) is 2.01. The van der Waals surface area contributed by atoms with Crippen LogP contribution in [0, 0.1) is 6.92 Å². The number of benzene rings is 1. The molecule has 2 rings (SSSR count). The number of carbonyl (C=O) groups excluding carboxylic acids is 1. The predicted molar refractivity (Wildman–Crippen MR) is 84.3 cm³/mol. The second kappa shape index (κ2) is 6.20. The molecule has 2 aromatic rings. The Balaban J connectivity index is 2.35. The fourth-order valence-electron chi connectivity index (χ4n) is 1.55. The van der Waals surface area contributed by atoms with Gasteiger partial charge in [0.15, 0.2) is 5.69 Å². The van der Waals surface area contributed by atoms with Gasteiger partial charge >= 0.3 is 0 Å². The molecule has 6 nitrogen and oxygen atoms in total. The lowest BCUT2D eigenvalue weighted by atomic mass is 10.2. The summed E-state index contributed by atoms with van der Waals surface area (Å²) in [6, 6.07) is 4.97. The Labute approximate surface area is 137 Å². The van der Waals surface area contributed by atoms with Crippen LogP contribution in [0.15, 0.2) is 29.6 Å². The Hall–Kier alpha value is -1.70. The predicted octanol–water partition coefficient (Wildman–Crippen LogP) is 2.75. The van der Waals surface area contributed by atoms with Crippen LogP contribution >= 0.6 is 23.2 Å². The molecule has 0 unspecified atom stereocenters. The highest BCUT2D eigenvalue weighted by atomic mass is 35.5. The molecule has 0 aliphatic carbocycles. The lowest BCUT2D eigenvalue weighted by Gasteiger charge is -2.08. The second-order valence-corrected chi connectivity index (χ2v) is 7.26. The Morgan fingerprint density at radius 3 is 2.50 bits per heavy atom. The third-order valence-corrected chi connectivity index (χ3v) is 4.24. The van der Waals surface area contributed by atoms with E-state index in [4.69, 9.17) is 23.2 Å². The maximum absolute atomic E-state index is 12.2. The average Bonchev–Trinajstić information content (AvgIpc) is 2.42. The van der Waals surface area contributed by atoms with Gasteiger partial charge in [0.05, 0.1) is 11.2 Å². The maximum Gasteiger partial charge on any atom is 0.275 e. The van der Waals surface area contributed by atoms with E-state index in [1.807, 2.05) is 6.92 Å². The summed E-state index contributed by atoms with van der Waals surface area (Å²) in [5, 5.41) is 2.52. The Morgan fingerprint density at radius 2 is 1.91 bits per heavy atom. The number of amides is 1. The molecule has 0 aliphatic heterocycles. The molecule has 1 heterocycles. The first-order valence-corrected chi connectivity index (χ1v) is 8.63. The summed E-state index contributed by atoms with van der Waals surface area (Å²) in [6.45, 7) is 1.83. The van der Waals surface area contributed by atoms with Gasteiger partial charge in [0, 0.05) is 17.0 Å². The minimum atomic E-state index is -3.64. The number of halogens is 2. The molecule has 0 saturated heterocycles. The summed E-state index contributed by atoms with van der Waals surface area (Å²) in [7, 11) is -3.64. The Morgan fingerprint density at radius 1 is 1.23 bits per heavy atom. The zero-order valence-corrected chi connectivity index (χ0v) is 13.9. The number of hydrogen-bond donors (Lipinski definition) is 1. The van der Waals surface area contributed by atoms with E-state index in [2.05, 4.69) is 15.3 Å². The molecule has 22 heavy (non-hydrogen) atoms. The topological polar surface area (TPSA) is 89.0 Å². The van der Waals surface area contributed by atoms with Crippen molar-refractivity contribution < 1.29 is 13.2 Å². The molecule has 1 aromatic heterocycles. The van der Waals surface area contributed by atoms with Gasteiger partial charge in [-0.15, -0.1) is 0 Å². The van der Waals surface area contributed by atoms with Crippen LogP contribution in [0.2, 0.25) is 10.0 Å². The third-order valence-electron chi connectivity index (χ3n) is 2.70. The Bertz CT molecular complexity index is 854. The normalized spacial score (nSPS) is 11.3. The van der Waals surface area contributed by atoms with E-state index in [0.29, 0.717) is 10.7 Å². The van der Waals surface area contributed by atoms with Crippen molar-refractivity contribution in [2.24, 2.45) is 0 Å². The first-order chi connectivity index (χ1) is 10.2. The number of hydrogen-bond acceptors (Lipinski definition) is 5. The van der Waals surface area contributed by atoms with Crippen LogP contribution in [-0.4, -0.2) is 30.5 Å². The number of nitrogens with one attached hydrogen (secondary N) is 1. The van der Waals surface area contributed by atoms with Gasteiger partial charge < -0.3 is 5.32 Å². The first-order valence-electron chi connectivity index (χ1n) is 5.98. The van der Waals surface area contributed by atoms with E-state index in [1.165, 1.54) is 0 Å². The molecule has 0 aliphatic rings. The number of aryl methyl sites for hydroxylation is 1. The minimum Gasteiger partial charge on any atom is -0.321 e. The van der Waals surface area contributed by atoms with Gasteiger partial charge in [0.2, 0.25) is 15.0 Å². The monoisotopic (exact) mass is 359 g/mol. The highest BCUT2D eigenvalue weighted by Crippen LogP contribution is 2.21. The molecular formula is C13H11Cl2N3O3S. The van der Waals surface area contributed by atoms with E-state index in [9.17, 15) is 13.2 Å². The number of anilines is 1. The molecule has 1 aromatic carbocycles. The fourth-order valence-corrected chi connectivity index (χ4v) is 2.41. The molecule has 0 spiro atoms. The molecule has 116 valence electrons. The van der Waals surface area contributed by atoms with Crippen molar-refractivity contribution in [3.05, 3.63) is 45.7 Å². The quantitative estimate of drug-likeness (QED) is 0.851. The lowest BCUT2D eigenvalue weighted by Crippen LogP contribution is -2.17. The van der Waals surface area contributed by atoms with Crippen molar-refractivity contribution in [2.45, 2.75) is 12.1 Å². The summed E-state index contributed by atoms with van der Waals surface area (Å²) in [5.41, 5.74) is 1.07. The SMILES string of the molecule is Cc1ccc(NC(=O)c2nc(S(C)(=O)=O)ncc2Cl)cc1Cl. The van der Waals surface area contributed by atoms with E-state index >= 15 is 0 Å². The molecule has 0 radical (unpaired) electrons. The molecule has 0 bridgehead atoms. The van der Waals surface area contributed by atoms with Crippen molar-refractivity contribution in [3.8, 4) is 0 Å². The van der Waals surface area contributed by atoms with Gasteiger partial charge in [-0.3, -0.25) is 4.79 Å². The van der Waals surface area contributed by atoms with Crippen LogP contribution in [0.4, 0.5) is 5.69 Å². The summed E-state index contributed by atoms with van der Waals surface area (Å²) in [4.78, 5) is 19.5. The van der Waals surface area contributed by atoms with Gasteiger partial charge in [-0.1, -0.05) is 29.3 Å². The van der Waals surface area contributed by atoms with Gasteiger partial charge in [-0.05, 0) is 24.6 Å². The molecular weight excluding hydrogens is 349 g/mol. The molecule has 0 fully saturated rings. The van der Waals surface area contributed by atoms with Crippen LogP contribution < -0.4 is 5.32 Å². The molecule has 1 N–H and O–H groups in total. The number of carbonyl (C=O) groups is 1. The van der Waals surface area contributed by atoms with Gasteiger partial charge in [0.1, 0.15) is 0 Å².